The summed E-state index contributed by atoms with van der Waals surface area (Å²) >= 11 is 0. The molecule has 13 aromatic rings. The summed E-state index contributed by atoms with van der Waals surface area (Å²) < 4.78 is 2.45. The highest BCUT2D eigenvalue weighted by atomic mass is 15.1. The van der Waals surface area contributed by atoms with Crippen LogP contribution < -0.4 is 4.90 Å². The van der Waals surface area contributed by atoms with Gasteiger partial charge in [-0.25, -0.2) is 4.98 Å². The van der Waals surface area contributed by atoms with Crippen LogP contribution in [-0.4, -0.2) is 19.4 Å². The van der Waals surface area contributed by atoms with Crippen LogP contribution in [0.2, 0.25) is 0 Å². The van der Waals surface area contributed by atoms with E-state index in [0.717, 1.165) is 72.7 Å². The summed E-state index contributed by atoms with van der Waals surface area (Å²) in [6, 6.07) is 75.8. The molecule has 64 heavy (non-hydrogen) atoms. The maximum atomic E-state index is 5.20. The number of nitrogens with zero attached hydrogens (tertiary/aromatic N) is 5. The highest BCUT2D eigenvalue weighted by molar-refractivity contribution is 6.23. The minimum Gasteiger partial charge on any atom is -0.311 e. The zero-order valence-corrected chi connectivity index (χ0v) is 34.6. The third-order valence-electron chi connectivity index (χ3n) is 12.8. The van der Waals surface area contributed by atoms with E-state index >= 15 is 0 Å². The summed E-state index contributed by atoms with van der Waals surface area (Å²) in [5.41, 5.74) is 16.0. The molecule has 0 N–H and O–H groups in total. The Kier molecular flexibility index (Phi) is 8.15. The Bertz CT molecular complexity index is 3870. The first-order valence-electron chi connectivity index (χ1n) is 21.7. The van der Waals surface area contributed by atoms with Crippen LogP contribution in [0.1, 0.15) is 0 Å². The van der Waals surface area contributed by atoms with Crippen LogP contribution in [0.25, 0.3) is 105 Å². The van der Waals surface area contributed by atoms with Gasteiger partial charge in [-0.2, -0.15) is 0 Å². The lowest BCUT2D eigenvalue weighted by atomic mass is 10.0. The zero-order valence-electron chi connectivity index (χ0n) is 34.6. The molecule has 8 aromatic carbocycles. The number of fused-ring (bicyclic) bond motifs is 8. The van der Waals surface area contributed by atoms with Gasteiger partial charge in [0.2, 0.25) is 0 Å². The Morgan fingerprint density at radius 2 is 0.938 bits per heavy atom. The van der Waals surface area contributed by atoms with Crippen molar-refractivity contribution < 1.29 is 0 Å². The van der Waals surface area contributed by atoms with Gasteiger partial charge in [0.1, 0.15) is 0 Å². The third kappa shape index (κ3) is 5.83. The molecule has 13 rings (SSSR count). The molecule has 0 aliphatic rings. The average Bonchev–Trinajstić information content (AvgIpc) is 3.89. The first kappa shape index (κ1) is 36.0. The van der Waals surface area contributed by atoms with E-state index in [-0.39, 0.29) is 0 Å². The molecule has 298 valence electrons. The summed E-state index contributed by atoms with van der Waals surface area (Å²) in [6.45, 7) is 0. The molecule has 0 spiro atoms. The van der Waals surface area contributed by atoms with Gasteiger partial charge in [-0.1, -0.05) is 146 Å². The van der Waals surface area contributed by atoms with Crippen LogP contribution in [-0.2, 0) is 0 Å². The van der Waals surface area contributed by atoms with Crippen molar-refractivity contribution in [1.82, 2.24) is 19.4 Å². The second kappa shape index (κ2) is 14.5. The lowest BCUT2D eigenvalue weighted by Crippen LogP contribution is -2.09. The fraction of sp³-hybridized carbons (Fsp3) is 0. The number of hydrogen-bond acceptors (Lipinski definition) is 4. The molecule has 5 aromatic heterocycles. The van der Waals surface area contributed by atoms with E-state index in [2.05, 4.69) is 197 Å². The van der Waals surface area contributed by atoms with Crippen molar-refractivity contribution in [2.45, 2.75) is 0 Å². The third-order valence-corrected chi connectivity index (χ3v) is 12.8. The predicted molar refractivity (Wildman–Crippen MR) is 266 cm³/mol. The smallest absolute Gasteiger partial charge is 0.0972 e. The molecular weight excluding hydrogens is 779 g/mol. The summed E-state index contributed by atoms with van der Waals surface area (Å²) in [5.74, 6) is 0. The minimum absolute atomic E-state index is 0.878. The van der Waals surface area contributed by atoms with E-state index in [4.69, 9.17) is 15.0 Å². The highest BCUT2D eigenvalue weighted by Gasteiger charge is 2.19. The maximum Gasteiger partial charge on any atom is 0.0972 e. The predicted octanol–water partition coefficient (Wildman–Crippen LogP) is 15.5. The van der Waals surface area contributed by atoms with Crippen LogP contribution in [0.4, 0.5) is 17.1 Å². The van der Waals surface area contributed by atoms with Gasteiger partial charge in [-0.15, -0.1) is 0 Å². The molecule has 0 aliphatic heterocycles. The van der Waals surface area contributed by atoms with Crippen molar-refractivity contribution in [3.8, 4) is 44.9 Å². The van der Waals surface area contributed by atoms with Crippen molar-refractivity contribution in [2.75, 3.05) is 4.90 Å². The molecule has 0 atom stereocenters. The zero-order chi connectivity index (χ0) is 42.1. The second-order valence-electron chi connectivity index (χ2n) is 16.5. The SMILES string of the molecule is c1ccc(-c2nc(-c3ccc(N(c4ccc(-c5ccc6c7cccc8c9ccccc9n(c6c5)c87)cc4)c4ccc(-c5cc6ccccc6cn5)cc4)cc3)cc3cccnc23)cc1. The van der Waals surface area contributed by atoms with Crippen LogP contribution in [0.15, 0.2) is 225 Å². The quantitative estimate of drug-likeness (QED) is 0.161. The van der Waals surface area contributed by atoms with Gasteiger partial charge in [0, 0.05) is 78.5 Å². The number of pyridine rings is 3. The number of rotatable bonds is 7. The normalized spacial score (nSPS) is 11.8. The molecule has 0 unspecified atom stereocenters. The van der Waals surface area contributed by atoms with Crippen molar-refractivity contribution in [3.05, 3.63) is 225 Å². The molecule has 0 aliphatic carbocycles. The van der Waals surface area contributed by atoms with Gasteiger partial charge in [0.25, 0.3) is 0 Å². The first-order valence-corrected chi connectivity index (χ1v) is 21.7. The molecule has 0 saturated carbocycles. The van der Waals surface area contributed by atoms with Crippen molar-refractivity contribution >= 4 is 76.8 Å². The molecule has 0 fully saturated rings. The topological polar surface area (TPSA) is 46.3 Å². The highest BCUT2D eigenvalue weighted by Crippen LogP contribution is 2.42. The van der Waals surface area contributed by atoms with Gasteiger partial charge in [0.15, 0.2) is 0 Å². The van der Waals surface area contributed by atoms with E-state index in [1.165, 1.54) is 49.0 Å². The van der Waals surface area contributed by atoms with Gasteiger partial charge in [-0.05, 0) is 83.2 Å². The molecule has 0 amide bonds. The number of anilines is 3. The Morgan fingerprint density at radius 1 is 0.359 bits per heavy atom. The van der Waals surface area contributed by atoms with Crippen molar-refractivity contribution in [2.24, 2.45) is 0 Å². The van der Waals surface area contributed by atoms with E-state index in [1.54, 1.807) is 0 Å². The number of para-hydroxylation sites is 2. The fourth-order valence-corrected chi connectivity index (χ4v) is 9.69. The lowest BCUT2D eigenvalue weighted by Gasteiger charge is -2.26. The average molecular weight is 816 g/mol. The number of hydrogen-bond donors (Lipinski definition) is 0. The summed E-state index contributed by atoms with van der Waals surface area (Å²) in [7, 11) is 0. The second-order valence-corrected chi connectivity index (χ2v) is 16.5. The molecule has 5 heteroatoms. The summed E-state index contributed by atoms with van der Waals surface area (Å²) in [6.07, 6.45) is 3.79. The molecular formula is C59H37N5. The van der Waals surface area contributed by atoms with E-state index in [1.807, 2.05) is 36.7 Å². The van der Waals surface area contributed by atoms with Crippen molar-refractivity contribution in [1.29, 1.82) is 0 Å². The maximum absolute atomic E-state index is 5.20. The van der Waals surface area contributed by atoms with Gasteiger partial charge >= 0.3 is 0 Å². The van der Waals surface area contributed by atoms with Crippen LogP contribution in [0.5, 0.6) is 0 Å². The Morgan fingerprint density at radius 3 is 1.69 bits per heavy atom. The van der Waals surface area contributed by atoms with E-state index in [9.17, 15) is 0 Å². The Balaban J connectivity index is 0.899. The van der Waals surface area contributed by atoms with Gasteiger partial charge in [0.05, 0.1) is 39.1 Å². The van der Waals surface area contributed by atoms with Crippen LogP contribution >= 0.6 is 0 Å². The summed E-state index contributed by atoms with van der Waals surface area (Å²) in [5, 5.41) is 8.52. The molecule has 5 nitrogen and oxygen atoms in total. The number of aromatic nitrogens is 4. The van der Waals surface area contributed by atoms with E-state index < -0.39 is 0 Å². The molecule has 0 bridgehead atoms. The summed E-state index contributed by atoms with van der Waals surface area (Å²) in [4.78, 5) is 17.1. The lowest BCUT2D eigenvalue weighted by molar-refractivity contribution is 1.27. The Labute approximate surface area is 369 Å². The standard InChI is InChI=1S/C59H37N5/c1-2-10-41(11-3-1)58-57-44(14-9-33-60-57)35-54(62-58)40-23-30-48(31-24-40)63(47-28-21-39(22-29-47)53-34-42-12-4-5-13-45(42)37-61-53)46-26-19-38(20-27-46)43-25-32-50-52-17-8-16-51-49-15-6-7-18-55(49)64(59(51)52)56(50)36-43/h1-37H. The van der Waals surface area contributed by atoms with Gasteiger partial charge < -0.3 is 9.30 Å². The molecule has 0 radical (unpaired) electrons. The number of benzene rings is 8. The monoisotopic (exact) mass is 815 g/mol. The molecule has 5 heterocycles. The Hall–Kier alpha value is -8.67. The van der Waals surface area contributed by atoms with Crippen LogP contribution in [0, 0.1) is 0 Å². The van der Waals surface area contributed by atoms with Crippen molar-refractivity contribution in [3.63, 3.8) is 0 Å². The largest absolute Gasteiger partial charge is 0.311 e. The molecule has 0 saturated heterocycles. The minimum atomic E-state index is 0.878. The van der Waals surface area contributed by atoms with Crippen LogP contribution in [0.3, 0.4) is 0 Å². The van der Waals surface area contributed by atoms with Gasteiger partial charge in [-0.3, -0.25) is 9.97 Å². The first-order chi connectivity index (χ1) is 31.7. The van der Waals surface area contributed by atoms with E-state index in [0.29, 0.717) is 0 Å². The fourth-order valence-electron chi connectivity index (χ4n) is 9.69.